The maximum Gasteiger partial charge on any atom is 0.306 e. The van der Waals surface area contributed by atoms with Gasteiger partial charge in [0, 0.05) is 5.02 Å². The first kappa shape index (κ1) is 14.2. The molecule has 2 rings (SSSR count). The third-order valence-corrected chi connectivity index (χ3v) is 3.90. The number of benzene rings is 1. The summed E-state index contributed by atoms with van der Waals surface area (Å²) in [6.45, 7) is 2.41. The van der Waals surface area contributed by atoms with Crippen LogP contribution >= 0.6 is 11.6 Å². The Hall–Kier alpha value is -1.22. The summed E-state index contributed by atoms with van der Waals surface area (Å²) in [6.07, 6.45) is 4.19. The third kappa shape index (κ3) is 3.87. The van der Waals surface area contributed by atoms with Gasteiger partial charge in [0.15, 0.2) is 0 Å². The molecule has 3 nitrogen and oxygen atoms in total. The summed E-state index contributed by atoms with van der Waals surface area (Å²) < 4.78 is 5.83. The van der Waals surface area contributed by atoms with Crippen LogP contribution in [0.4, 0.5) is 0 Å². The first-order chi connectivity index (χ1) is 9.06. The third-order valence-electron chi connectivity index (χ3n) is 3.67. The summed E-state index contributed by atoms with van der Waals surface area (Å²) in [5, 5.41) is 9.61. The average molecular weight is 283 g/mol. The molecule has 0 aromatic heterocycles. The van der Waals surface area contributed by atoms with E-state index in [4.69, 9.17) is 21.4 Å². The molecule has 19 heavy (non-hydrogen) atoms. The van der Waals surface area contributed by atoms with Gasteiger partial charge < -0.3 is 9.84 Å². The van der Waals surface area contributed by atoms with Gasteiger partial charge in [-0.1, -0.05) is 24.9 Å². The van der Waals surface area contributed by atoms with Crippen LogP contribution in [0.1, 0.15) is 31.7 Å². The summed E-state index contributed by atoms with van der Waals surface area (Å²) in [5.74, 6) is 0.180. The number of halogens is 1. The molecule has 1 unspecified atom stereocenters. The van der Waals surface area contributed by atoms with Crippen LogP contribution in [0.2, 0.25) is 5.02 Å². The number of carboxylic acid groups (broad SMARTS) is 1. The van der Waals surface area contributed by atoms with E-state index < -0.39 is 11.9 Å². The van der Waals surface area contributed by atoms with E-state index in [-0.39, 0.29) is 0 Å². The van der Waals surface area contributed by atoms with Crippen molar-refractivity contribution in [1.29, 1.82) is 0 Å². The molecule has 1 N–H and O–H groups in total. The zero-order valence-corrected chi connectivity index (χ0v) is 11.8. The zero-order valence-electron chi connectivity index (χ0n) is 11.1. The fourth-order valence-electron chi connectivity index (χ4n) is 2.13. The normalized spacial score (nSPS) is 16.7. The van der Waals surface area contributed by atoms with E-state index in [1.165, 1.54) is 19.3 Å². The number of rotatable bonds is 6. The highest BCUT2D eigenvalue weighted by atomic mass is 35.5. The zero-order chi connectivity index (χ0) is 13.8. The lowest BCUT2D eigenvalue weighted by atomic mass is 9.86. The molecule has 4 heteroatoms. The maximum absolute atomic E-state index is 10.9. The van der Waals surface area contributed by atoms with Gasteiger partial charge in [0.05, 0.1) is 12.5 Å². The number of hydrogen-bond acceptors (Lipinski definition) is 2. The molecular formula is C15H19ClO3. The van der Waals surface area contributed by atoms with E-state index in [1.54, 1.807) is 19.1 Å². The molecule has 104 valence electrons. The summed E-state index contributed by atoms with van der Waals surface area (Å²) in [7, 11) is 0. The Morgan fingerprint density at radius 3 is 2.84 bits per heavy atom. The predicted octanol–water partition coefficient (Wildman–Crippen LogP) is 3.78. The van der Waals surface area contributed by atoms with Crippen molar-refractivity contribution in [3.63, 3.8) is 0 Å². The van der Waals surface area contributed by atoms with Gasteiger partial charge in [0.1, 0.15) is 5.75 Å². The number of hydrogen-bond donors (Lipinski definition) is 1. The van der Waals surface area contributed by atoms with Crippen LogP contribution in [0, 0.1) is 11.8 Å². The van der Waals surface area contributed by atoms with Crippen LogP contribution < -0.4 is 4.74 Å². The van der Waals surface area contributed by atoms with Crippen molar-refractivity contribution in [3.05, 3.63) is 28.8 Å². The van der Waals surface area contributed by atoms with Gasteiger partial charge in [-0.25, -0.2) is 0 Å². The average Bonchev–Trinajstić information content (AvgIpc) is 2.29. The highest BCUT2D eigenvalue weighted by Gasteiger charge is 2.19. The highest BCUT2D eigenvalue weighted by molar-refractivity contribution is 6.30. The van der Waals surface area contributed by atoms with E-state index in [9.17, 15) is 4.79 Å². The minimum atomic E-state index is -0.801. The molecular weight excluding hydrogens is 264 g/mol. The van der Waals surface area contributed by atoms with Crippen molar-refractivity contribution in [2.75, 3.05) is 6.61 Å². The largest absolute Gasteiger partial charge is 0.493 e. The predicted molar refractivity (Wildman–Crippen MR) is 74.8 cm³/mol. The molecule has 0 spiro atoms. The van der Waals surface area contributed by atoms with Crippen molar-refractivity contribution in [1.82, 2.24) is 0 Å². The summed E-state index contributed by atoms with van der Waals surface area (Å²) >= 11 is 5.98. The summed E-state index contributed by atoms with van der Waals surface area (Å²) in [4.78, 5) is 10.9. The van der Waals surface area contributed by atoms with Crippen molar-refractivity contribution in [3.8, 4) is 5.75 Å². The second-order valence-electron chi connectivity index (χ2n) is 5.30. The molecule has 1 aromatic carbocycles. The van der Waals surface area contributed by atoms with Gasteiger partial charge in [-0.2, -0.15) is 0 Å². The van der Waals surface area contributed by atoms with E-state index in [0.717, 1.165) is 17.9 Å². The van der Waals surface area contributed by atoms with Crippen molar-refractivity contribution < 1.29 is 14.6 Å². The molecule has 1 saturated carbocycles. The van der Waals surface area contributed by atoms with Gasteiger partial charge in [0.25, 0.3) is 0 Å². The van der Waals surface area contributed by atoms with Crippen molar-refractivity contribution in [2.45, 2.75) is 32.6 Å². The van der Waals surface area contributed by atoms with Crippen LogP contribution in [0.5, 0.6) is 5.75 Å². The molecule has 1 aliphatic rings. The van der Waals surface area contributed by atoms with Gasteiger partial charge in [0.2, 0.25) is 0 Å². The van der Waals surface area contributed by atoms with Gasteiger partial charge in [-0.15, -0.1) is 0 Å². The summed E-state index contributed by atoms with van der Waals surface area (Å²) in [6, 6.07) is 5.43. The quantitative estimate of drug-likeness (QED) is 0.864. The Kier molecular flexibility index (Phi) is 4.70. The Labute approximate surface area is 118 Å². The Balaban J connectivity index is 2.05. The topological polar surface area (TPSA) is 46.5 Å². The molecule has 0 bridgehead atoms. The van der Waals surface area contributed by atoms with Gasteiger partial charge in [-0.05, 0) is 48.9 Å². The smallest absolute Gasteiger partial charge is 0.306 e. The molecule has 0 heterocycles. The highest BCUT2D eigenvalue weighted by Crippen LogP contribution is 2.30. The number of aliphatic carboxylic acids is 1. The minimum Gasteiger partial charge on any atom is -0.493 e. The molecule has 0 aliphatic heterocycles. The lowest BCUT2D eigenvalue weighted by molar-refractivity contribution is -0.141. The van der Waals surface area contributed by atoms with Crippen LogP contribution in [0.15, 0.2) is 18.2 Å². The van der Waals surface area contributed by atoms with E-state index >= 15 is 0 Å². The standard InChI is InChI=1S/C15H19ClO3/c1-10(15(17)18)7-12-8-13(16)5-6-14(12)19-9-11-3-2-4-11/h5-6,8,10-11H,2-4,7,9H2,1H3,(H,17,18). The maximum atomic E-state index is 10.9. The van der Waals surface area contributed by atoms with Crippen LogP contribution in [0.25, 0.3) is 0 Å². The number of carboxylic acids is 1. The second-order valence-corrected chi connectivity index (χ2v) is 5.74. The Morgan fingerprint density at radius 2 is 2.26 bits per heavy atom. The van der Waals surface area contributed by atoms with Gasteiger partial charge >= 0.3 is 5.97 Å². The number of carbonyl (C=O) groups is 1. The van der Waals surface area contributed by atoms with Crippen LogP contribution in [0.3, 0.4) is 0 Å². The fourth-order valence-corrected chi connectivity index (χ4v) is 2.33. The molecule has 1 aromatic rings. The lowest BCUT2D eigenvalue weighted by Gasteiger charge is -2.26. The minimum absolute atomic E-state index is 0.440. The molecule has 0 radical (unpaired) electrons. The van der Waals surface area contributed by atoms with Gasteiger partial charge in [-0.3, -0.25) is 4.79 Å². The fraction of sp³-hybridized carbons (Fsp3) is 0.533. The molecule has 0 saturated heterocycles. The van der Waals surface area contributed by atoms with Crippen LogP contribution in [-0.4, -0.2) is 17.7 Å². The van der Waals surface area contributed by atoms with Crippen molar-refractivity contribution in [2.24, 2.45) is 11.8 Å². The first-order valence-electron chi connectivity index (χ1n) is 6.70. The first-order valence-corrected chi connectivity index (χ1v) is 7.08. The number of ether oxygens (including phenoxy) is 1. The molecule has 1 atom stereocenters. The SMILES string of the molecule is CC(Cc1cc(Cl)ccc1OCC1CCC1)C(=O)O. The van der Waals surface area contributed by atoms with E-state index in [1.807, 2.05) is 6.07 Å². The van der Waals surface area contributed by atoms with Crippen LogP contribution in [-0.2, 0) is 11.2 Å². The van der Waals surface area contributed by atoms with Crippen molar-refractivity contribution >= 4 is 17.6 Å². The summed E-state index contributed by atoms with van der Waals surface area (Å²) in [5.41, 5.74) is 0.877. The Bertz CT molecular complexity index is 455. The van der Waals surface area contributed by atoms with E-state index in [0.29, 0.717) is 17.4 Å². The lowest BCUT2D eigenvalue weighted by Crippen LogP contribution is -2.20. The molecule has 1 fully saturated rings. The Morgan fingerprint density at radius 1 is 1.53 bits per heavy atom. The molecule has 1 aliphatic carbocycles. The van der Waals surface area contributed by atoms with E-state index in [2.05, 4.69) is 0 Å². The second kappa shape index (κ2) is 6.29. The molecule has 0 amide bonds. The monoisotopic (exact) mass is 282 g/mol.